The molecule has 0 saturated carbocycles. The summed E-state index contributed by atoms with van der Waals surface area (Å²) in [6.07, 6.45) is 0. The Balaban J connectivity index is 1.34. The number of benzene rings is 4. The summed E-state index contributed by atoms with van der Waals surface area (Å²) in [5.74, 6) is 1.50. The summed E-state index contributed by atoms with van der Waals surface area (Å²) in [7, 11) is 0. The molecule has 1 aliphatic rings. The maximum absolute atomic E-state index is 14.0. The first-order valence-electron chi connectivity index (χ1n) is 14.1. The van der Waals surface area contributed by atoms with Crippen LogP contribution in [0.3, 0.4) is 0 Å². The lowest BCUT2D eigenvalue weighted by Gasteiger charge is -2.29. The number of amides is 1. The molecule has 0 saturated heterocycles. The van der Waals surface area contributed by atoms with E-state index in [0.29, 0.717) is 48.9 Å². The van der Waals surface area contributed by atoms with E-state index in [1.54, 1.807) is 16.8 Å². The summed E-state index contributed by atoms with van der Waals surface area (Å²) < 4.78 is 7.90. The highest BCUT2D eigenvalue weighted by molar-refractivity contribution is 7.98. The van der Waals surface area contributed by atoms with E-state index in [2.05, 4.69) is 10.6 Å². The van der Waals surface area contributed by atoms with Crippen molar-refractivity contribution in [3.8, 4) is 5.75 Å². The number of anilines is 2. The quantitative estimate of drug-likeness (QED) is 0.152. The largest absolute Gasteiger partial charge is 0.489 e. The van der Waals surface area contributed by atoms with Crippen LogP contribution in [0.5, 0.6) is 5.75 Å². The zero-order chi connectivity index (χ0) is 31.5. The van der Waals surface area contributed by atoms with Crippen molar-refractivity contribution in [3.63, 3.8) is 0 Å². The number of fused-ring (bicyclic) bond motifs is 1. The third-order valence-corrected chi connectivity index (χ3v) is 9.21. The van der Waals surface area contributed by atoms with Crippen LogP contribution < -0.4 is 15.4 Å². The Labute approximate surface area is 280 Å². The van der Waals surface area contributed by atoms with Gasteiger partial charge in [0, 0.05) is 37.8 Å². The molecule has 4 aromatic carbocycles. The Bertz CT molecular complexity index is 1930. The molecular weight excluding hydrogens is 649 g/mol. The first-order chi connectivity index (χ1) is 21.8. The van der Waals surface area contributed by atoms with Gasteiger partial charge >= 0.3 is 0 Å². The number of ether oxygens (including phenoxy) is 1. The third kappa shape index (κ3) is 6.99. The van der Waals surface area contributed by atoms with Crippen molar-refractivity contribution in [2.45, 2.75) is 37.4 Å². The molecule has 2 heterocycles. The summed E-state index contributed by atoms with van der Waals surface area (Å²) >= 11 is 20.3. The number of thioether (sulfide) groups is 1. The van der Waals surface area contributed by atoms with Crippen LogP contribution in [0, 0.1) is 6.92 Å². The number of para-hydroxylation sites is 1. The van der Waals surface area contributed by atoms with E-state index >= 15 is 0 Å². The molecule has 0 fully saturated rings. The fraction of sp³-hybridized carbons (Fsp3) is 0.147. The van der Waals surface area contributed by atoms with Gasteiger partial charge in [-0.25, -0.2) is 4.68 Å². The SMILES string of the molecule is CC1=C(C(=O)Nc2ccccc2C)C(c2cccc(OCc3ccc(Cl)cc3Cl)c2)n2nc(SCc3ccccc3Cl)nc2N1. The normalized spacial score (nSPS) is 14.1. The Morgan fingerprint density at radius 2 is 1.73 bits per heavy atom. The highest BCUT2D eigenvalue weighted by atomic mass is 35.5. The van der Waals surface area contributed by atoms with E-state index in [1.807, 2.05) is 92.7 Å². The van der Waals surface area contributed by atoms with Crippen molar-refractivity contribution < 1.29 is 9.53 Å². The summed E-state index contributed by atoms with van der Waals surface area (Å²) in [5, 5.41) is 13.6. The molecule has 6 rings (SSSR count). The maximum atomic E-state index is 14.0. The van der Waals surface area contributed by atoms with E-state index in [4.69, 9.17) is 49.6 Å². The topological polar surface area (TPSA) is 81.1 Å². The summed E-state index contributed by atoms with van der Waals surface area (Å²) in [6.45, 7) is 4.08. The maximum Gasteiger partial charge on any atom is 0.255 e. The molecule has 1 amide bonds. The molecule has 1 aromatic heterocycles. The Morgan fingerprint density at radius 1 is 0.933 bits per heavy atom. The van der Waals surface area contributed by atoms with Crippen molar-refractivity contribution in [1.29, 1.82) is 0 Å². The zero-order valence-electron chi connectivity index (χ0n) is 24.4. The van der Waals surface area contributed by atoms with Crippen LogP contribution >= 0.6 is 46.6 Å². The monoisotopic (exact) mass is 675 g/mol. The second kappa shape index (κ2) is 13.6. The number of carbonyl (C=O) groups is 1. The van der Waals surface area contributed by atoms with E-state index in [-0.39, 0.29) is 12.5 Å². The fourth-order valence-corrected chi connectivity index (χ4v) is 6.61. The summed E-state index contributed by atoms with van der Waals surface area (Å²) in [4.78, 5) is 18.8. The Morgan fingerprint density at radius 3 is 2.53 bits per heavy atom. The van der Waals surface area contributed by atoms with Crippen LogP contribution in [0.15, 0.2) is 107 Å². The predicted octanol–water partition coefficient (Wildman–Crippen LogP) is 9.35. The molecular formula is C34H28Cl3N5O2S. The van der Waals surface area contributed by atoms with E-state index in [0.717, 1.165) is 27.9 Å². The average Bonchev–Trinajstić information content (AvgIpc) is 3.43. The molecule has 0 radical (unpaired) electrons. The Hall–Kier alpha value is -3.95. The van der Waals surface area contributed by atoms with Gasteiger partial charge in [0.15, 0.2) is 0 Å². The van der Waals surface area contributed by atoms with Crippen LogP contribution in [-0.4, -0.2) is 20.7 Å². The van der Waals surface area contributed by atoms with Gasteiger partial charge in [-0.2, -0.15) is 4.98 Å². The van der Waals surface area contributed by atoms with Gasteiger partial charge in [-0.3, -0.25) is 4.79 Å². The average molecular weight is 677 g/mol. The van der Waals surface area contributed by atoms with Crippen LogP contribution in [-0.2, 0) is 17.2 Å². The highest BCUT2D eigenvalue weighted by Gasteiger charge is 2.35. The van der Waals surface area contributed by atoms with Crippen molar-refractivity contribution in [2.75, 3.05) is 10.6 Å². The fourth-order valence-electron chi connectivity index (χ4n) is 5.03. The third-order valence-electron chi connectivity index (χ3n) is 7.37. The molecule has 0 spiro atoms. The molecule has 2 N–H and O–H groups in total. The van der Waals surface area contributed by atoms with Crippen molar-refractivity contribution >= 4 is 64.1 Å². The van der Waals surface area contributed by atoms with Gasteiger partial charge < -0.3 is 15.4 Å². The lowest BCUT2D eigenvalue weighted by atomic mass is 9.94. The first-order valence-corrected chi connectivity index (χ1v) is 16.2. The van der Waals surface area contributed by atoms with Crippen LogP contribution in [0.2, 0.25) is 15.1 Å². The molecule has 1 atom stereocenters. The van der Waals surface area contributed by atoms with Gasteiger partial charge in [-0.05, 0) is 66.9 Å². The number of allylic oxidation sites excluding steroid dienone is 1. The number of nitrogens with zero attached hydrogens (tertiary/aromatic N) is 3. The zero-order valence-corrected chi connectivity index (χ0v) is 27.4. The van der Waals surface area contributed by atoms with Crippen molar-refractivity contribution in [2.24, 2.45) is 0 Å². The van der Waals surface area contributed by atoms with Gasteiger partial charge in [0.2, 0.25) is 11.1 Å². The second-order valence-corrected chi connectivity index (χ2v) is 12.7. The minimum absolute atomic E-state index is 0.245. The molecule has 7 nitrogen and oxygen atoms in total. The van der Waals surface area contributed by atoms with E-state index in [1.165, 1.54) is 11.8 Å². The molecule has 0 aliphatic carbocycles. The van der Waals surface area contributed by atoms with E-state index in [9.17, 15) is 4.79 Å². The van der Waals surface area contributed by atoms with Gasteiger partial charge in [-0.15, -0.1) is 5.10 Å². The number of hydrogen-bond acceptors (Lipinski definition) is 6. The first kappa shape index (κ1) is 31.0. The number of aryl methyl sites for hydroxylation is 1. The number of halogens is 3. The number of rotatable bonds is 9. The van der Waals surface area contributed by atoms with Crippen LogP contribution in [0.1, 0.15) is 35.2 Å². The highest BCUT2D eigenvalue weighted by Crippen LogP contribution is 2.38. The van der Waals surface area contributed by atoms with Gasteiger partial charge in [0.1, 0.15) is 18.4 Å². The van der Waals surface area contributed by atoms with Crippen LogP contribution in [0.4, 0.5) is 11.6 Å². The Kier molecular flexibility index (Phi) is 9.37. The minimum Gasteiger partial charge on any atom is -0.489 e. The molecule has 5 aromatic rings. The summed E-state index contributed by atoms with van der Waals surface area (Å²) in [5.41, 5.74) is 5.48. The molecule has 0 bridgehead atoms. The predicted molar refractivity (Wildman–Crippen MR) is 183 cm³/mol. The lowest BCUT2D eigenvalue weighted by molar-refractivity contribution is -0.113. The lowest BCUT2D eigenvalue weighted by Crippen LogP contribution is -2.31. The molecule has 1 aliphatic heterocycles. The van der Waals surface area contributed by atoms with Gasteiger partial charge in [0.25, 0.3) is 5.91 Å². The smallest absolute Gasteiger partial charge is 0.255 e. The minimum atomic E-state index is -0.588. The number of aromatic nitrogens is 3. The molecule has 1 unspecified atom stereocenters. The summed E-state index contributed by atoms with van der Waals surface area (Å²) in [6, 6.07) is 27.7. The van der Waals surface area contributed by atoms with Crippen molar-refractivity contribution in [3.05, 3.63) is 140 Å². The van der Waals surface area contributed by atoms with Crippen LogP contribution in [0.25, 0.3) is 0 Å². The number of nitrogens with one attached hydrogen (secondary N) is 2. The second-order valence-electron chi connectivity index (χ2n) is 10.5. The van der Waals surface area contributed by atoms with Gasteiger partial charge in [-0.1, -0.05) is 101 Å². The standard InChI is InChI=1S/C34H28Cl3N5O2S/c1-20-8-3-6-13-29(20)39-32(43)30-21(2)38-33-40-34(45-19-24-9-4-5-12-27(24)36)41-42(33)31(30)22-10-7-11-26(16-22)44-18-23-14-15-25(35)17-28(23)37/h3-17,31H,18-19H2,1-2H3,(H,39,43)(H,38,40,41). The van der Waals surface area contributed by atoms with Gasteiger partial charge in [0.05, 0.1) is 5.57 Å². The molecule has 45 heavy (non-hydrogen) atoms. The van der Waals surface area contributed by atoms with E-state index < -0.39 is 6.04 Å². The molecule has 11 heteroatoms. The van der Waals surface area contributed by atoms with Crippen molar-refractivity contribution in [1.82, 2.24) is 14.8 Å². The molecule has 228 valence electrons. The number of hydrogen-bond donors (Lipinski definition) is 2. The number of carbonyl (C=O) groups excluding carboxylic acids is 1.